The van der Waals surface area contributed by atoms with Crippen molar-refractivity contribution in [2.24, 2.45) is 0 Å². The predicted octanol–water partition coefficient (Wildman–Crippen LogP) is 5.05. The van der Waals surface area contributed by atoms with Gasteiger partial charge in [-0.3, -0.25) is 4.79 Å². The summed E-state index contributed by atoms with van der Waals surface area (Å²) in [6.07, 6.45) is 1.58. The second kappa shape index (κ2) is 8.61. The van der Waals surface area contributed by atoms with E-state index in [-0.39, 0.29) is 24.1 Å². The quantitative estimate of drug-likeness (QED) is 0.303. The highest BCUT2D eigenvalue weighted by Gasteiger charge is 2.29. The lowest BCUT2D eigenvalue weighted by Crippen LogP contribution is -2.12. The van der Waals surface area contributed by atoms with Gasteiger partial charge in [0.2, 0.25) is 5.78 Å². The number of fused-ring (bicyclic) bond motifs is 2. The van der Waals surface area contributed by atoms with Crippen LogP contribution in [0.25, 0.3) is 6.08 Å². The Bertz CT molecular complexity index is 1290. The van der Waals surface area contributed by atoms with E-state index in [1.165, 1.54) is 6.07 Å². The van der Waals surface area contributed by atoms with Crippen molar-refractivity contribution in [3.8, 4) is 23.0 Å². The Morgan fingerprint density at radius 2 is 1.85 bits per heavy atom. The third-order valence-corrected chi connectivity index (χ3v) is 5.39. The summed E-state index contributed by atoms with van der Waals surface area (Å²) in [6, 6.07) is 14.6. The molecular formula is C25H17ClO7. The summed E-state index contributed by atoms with van der Waals surface area (Å²) in [4.78, 5) is 25.3. The molecule has 0 amide bonds. The van der Waals surface area contributed by atoms with Crippen molar-refractivity contribution in [2.75, 3.05) is 13.9 Å². The van der Waals surface area contributed by atoms with Crippen molar-refractivity contribution in [2.45, 2.75) is 6.61 Å². The van der Waals surface area contributed by atoms with Crippen molar-refractivity contribution in [1.29, 1.82) is 0 Å². The molecule has 5 rings (SSSR count). The molecule has 33 heavy (non-hydrogen) atoms. The first-order valence-electron chi connectivity index (χ1n) is 9.99. The number of benzene rings is 3. The van der Waals surface area contributed by atoms with Gasteiger partial charge in [-0.15, -0.1) is 0 Å². The van der Waals surface area contributed by atoms with Crippen molar-refractivity contribution >= 4 is 29.4 Å². The maximum absolute atomic E-state index is 12.9. The molecule has 0 N–H and O–H groups in total. The van der Waals surface area contributed by atoms with Crippen molar-refractivity contribution in [3.05, 3.63) is 87.6 Å². The molecule has 0 radical (unpaired) electrons. The maximum atomic E-state index is 12.9. The number of esters is 1. The van der Waals surface area contributed by atoms with Gasteiger partial charge in [0.05, 0.1) is 24.8 Å². The van der Waals surface area contributed by atoms with E-state index in [1.807, 2.05) is 0 Å². The minimum atomic E-state index is -0.539. The topological polar surface area (TPSA) is 80.3 Å². The van der Waals surface area contributed by atoms with Gasteiger partial charge in [0.25, 0.3) is 0 Å². The number of ketones is 1. The molecule has 0 saturated carbocycles. The Morgan fingerprint density at radius 3 is 2.64 bits per heavy atom. The maximum Gasteiger partial charge on any atom is 0.343 e. The predicted molar refractivity (Wildman–Crippen MR) is 119 cm³/mol. The number of ether oxygens (including phenoxy) is 5. The average molecular weight is 465 g/mol. The molecule has 0 atom stereocenters. The normalized spacial score (nSPS) is 15.3. The second-order valence-corrected chi connectivity index (χ2v) is 7.75. The number of rotatable bonds is 4. The van der Waals surface area contributed by atoms with E-state index in [0.717, 1.165) is 5.56 Å². The highest BCUT2D eigenvalue weighted by molar-refractivity contribution is 6.31. The third-order valence-electron chi connectivity index (χ3n) is 5.17. The summed E-state index contributed by atoms with van der Waals surface area (Å²) in [5, 5.41) is 0.491. The van der Waals surface area contributed by atoms with Crippen LogP contribution in [0, 0.1) is 0 Å². The molecule has 0 bridgehead atoms. The molecule has 166 valence electrons. The van der Waals surface area contributed by atoms with Crippen LogP contribution in [-0.2, 0) is 11.3 Å². The molecule has 0 aliphatic carbocycles. The first kappa shape index (κ1) is 21.1. The number of halogens is 1. The van der Waals surface area contributed by atoms with Gasteiger partial charge in [-0.1, -0.05) is 11.6 Å². The number of carbonyl (C=O) groups is 2. The smallest absolute Gasteiger partial charge is 0.343 e. The standard InChI is InChI=1S/C25H17ClO7/c1-29-18-4-2-14(3-5-18)25(28)32-19-6-7-20-21(11-19)33-22(23(20)27)10-15-8-17(26)9-16-12-30-13-31-24(15)16/h2-11H,12-13H2,1H3/b22-10-. The van der Waals surface area contributed by atoms with Gasteiger partial charge in [0.15, 0.2) is 12.6 Å². The summed E-state index contributed by atoms with van der Waals surface area (Å²) in [5.41, 5.74) is 2.13. The van der Waals surface area contributed by atoms with E-state index in [2.05, 4.69) is 0 Å². The Balaban J connectivity index is 1.38. The summed E-state index contributed by atoms with van der Waals surface area (Å²) in [7, 11) is 1.55. The van der Waals surface area contributed by atoms with Crippen molar-refractivity contribution in [3.63, 3.8) is 0 Å². The van der Waals surface area contributed by atoms with Crippen LogP contribution in [0.15, 0.2) is 60.4 Å². The Hall–Kier alpha value is -3.81. The number of methoxy groups -OCH3 is 1. The van der Waals surface area contributed by atoms with Gasteiger partial charge in [0.1, 0.15) is 23.0 Å². The number of hydrogen-bond donors (Lipinski definition) is 0. The van der Waals surface area contributed by atoms with Crippen LogP contribution in [-0.4, -0.2) is 25.7 Å². The zero-order valence-corrected chi connectivity index (χ0v) is 18.2. The van der Waals surface area contributed by atoms with Gasteiger partial charge in [-0.2, -0.15) is 0 Å². The van der Waals surface area contributed by atoms with Crippen LogP contribution < -0.4 is 18.9 Å². The van der Waals surface area contributed by atoms with E-state index < -0.39 is 5.97 Å². The molecule has 8 heteroatoms. The van der Waals surface area contributed by atoms with Crippen molar-refractivity contribution in [1.82, 2.24) is 0 Å². The van der Waals surface area contributed by atoms with E-state index >= 15 is 0 Å². The second-order valence-electron chi connectivity index (χ2n) is 7.31. The zero-order valence-electron chi connectivity index (χ0n) is 17.4. The summed E-state index contributed by atoms with van der Waals surface area (Å²) in [5.74, 6) is 1.06. The fraction of sp³-hybridized carbons (Fsp3) is 0.120. The molecule has 0 aromatic heterocycles. The molecule has 0 spiro atoms. The van der Waals surface area contributed by atoms with Crippen LogP contribution in [0.3, 0.4) is 0 Å². The lowest BCUT2D eigenvalue weighted by Gasteiger charge is -2.20. The Morgan fingerprint density at radius 1 is 1.06 bits per heavy atom. The molecule has 2 aliphatic heterocycles. The van der Waals surface area contributed by atoms with Crippen LogP contribution >= 0.6 is 11.6 Å². The first-order valence-corrected chi connectivity index (χ1v) is 10.4. The third kappa shape index (κ3) is 4.16. The molecule has 2 aliphatic rings. The fourth-order valence-corrected chi connectivity index (χ4v) is 3.83. The molecule has 3 aromatic rings. The monoisotopic (exact) mass is 464 g/mol. The SMILES string of the molecule is COc1ccc(C(=O)Oc2ccc3c(c2)O/C(=C\c2cc(Cl)cc4c2OCOC4)C3=O)cc1. The van der Waals surface area contributed by atoms with Gasteiger partial charge in [0, 0.05) is 22.2 Å². The average Bonchev–Trinajstić information content (AvgIpc) is 3.13. The zero-order chi connectivity index (χ0) is 22.9. The summed E-state index contributed by atoms with van der Waals surface area (Å²) in [6.45, 7) is 0.479. The van der Waals surface area contributed by atoms with Crippen LogP contribution in [0.4, 0.5) is 0 Å². The largest absolute Gasteiger partial charge is 0.497 e. The van der Waals surface area contributed by atoms with Gasteiger partial charge >= 0.3 is 5.97 Å². The minimum absolute atomic E-state index is 0.114. The number of hydrogen-bond acceptors (Lipinski definition) is 7. The molecule has 3 aromatic carbocycles. The van der Waals surface area contributed by atoms with Crippen LogP contribution in [0.2, 0.25) is 5.02 Å². The van der Waals surface area contributed by atoms with E-state index in [4.69, 9.17) is 35.3 Å². The van der Waals surface area contributed by atoms with E-state index in [9.17, 15) is 9.59 Å². The number of Topliss-reactive ketones (excluding diaryl/α,β-unsaturated/α-hetero) is 1. The van der Waals surface area contributed by atoms with Gasteiger partial charge < -0.3 is 23.7 Å². The number of allylic oxidation sites excluding steroid dienone is 1. The molecule has 0 fully saturated rings. The first-order chi connectivity index (χ1) is 16.0. The molecule has 7 nitrogen and oxygen atoms in total. The Kier molecular flexibility index (Phi) is 5.50. The molecular weight excluding hydrogens is 448 g/mol. The number of carbonyl (C=O) groups excluding carboxylic acids is 2. The molecule has 0 unspecified atom stereocenters. The lowest BCUT2D eigenvalue weighted by molar-refractivity contribution is -0.0165. The van der Waals surface area contributed by atoms with E-state index in [0.29, 0.717) is 45.6 Å². The highest BCUT2D eigenvalue weighted by atomic mass is 35.5. The van der Waals surface area contributed by atoms with Crippen LogP contribution in [0.1, 0.15) is 31.8 Å². The minimum Gasteiger partial charge on any atom is -0.497 e. The fourth-order valence-electron chi connectivity index (χ4n) is 3.58. The lowest BCUT2D eigenvalue weighted by atomic mass is 10.1. The summed E-state index contributed by atoms with van der Waals surface area (Å²) >= 11 is 6.21. The molecule has 0 saturated heterocycles. The molecule has 2 heterocycles. The van der Waals surface area contributed by atoms with Gasteiger partial charge in [-0.05, 0) is 54.6 Å². The Labute approximate surface area is 194 Å². The van der Waals surface area contributed by atoms with Crippen molar-refractivity contribution < 1.29 is 33.3 Å². The summed E-state index contributed by atoms with van der Waals surface area (Å²) < 4.78 is 27.2. The van der Waals surface area contributed by atoms with E-state index in [1.54, 1.807) is 61.7 Å². The van der Waals surface area contributed by atoms with Crippen LogP contribution in [0.5, 0.6) is 23.0 Å². The highest BCUT2D eigenvalue weighted by Crippen LogP contribution is 2.38. The van der Waals surface area contributed by atoms with Gasteiger partial charge in [-0.25, -0.2) is 4.79 Å².